The number of aromatic nitrogens is 4. The number of ether oxygens (including phenoxy) is 1. The topological polar surface area (TPSA) is 364 Å². The number of rotatable bonds is 21. The van der Waals surface area contributed by atoms with Gasteiger partial charge in [-0.25, -0.2) is 28.6 Å². The van der Waals surface area contributed by atoms with Crippen molar-refractivity contribution in [3.8, 4) is 0 Å². The lowest BCUT2D eigenvalue weighted by atomic mass is 9.87. The maximum Gasteiger partial charge on any atom is 0.481 e. The highest BCUT2D eigenvalue weighted by molar-refractivity contribution is 8.13. The molecule has 0 aromatic carbocycles. The third-order valence-corrected chi connectivity index (χ3v) is 11.1. The third kappa shape index (κ3) is 13.5. The van der Waals surface area contributed by atoms with Gasteiger partial charge in [0, 0.05) is 37.1 Å². The molecule has 3 heterocycles. The van der Waals surface area contributed by atoms with Crippen LogP contribution in [0.2, 0.25) is 0 Å². The van der Waals surface area contributed by atoms with E-state index in [0.717, 1.165) is 29.0 Å². The van der Waals surface area contributed by atoms with Gasteiger partial charge < -0.3 is 50.9 Å². The van der Waals surface area contributed by atoms with Crippen molar-refractivity contribution in [2.24, 2.45) is 5.41 Å². The molecule has 1 aliphatic heterocycles. The number of carbonyl (C=O) groups excluding carboxylic acids is 3. The number of hydrogen-bond acceptors (Lipinski definition) is 18. The largest absolute Gasteiger partial charge is 0.481 e. The molecule has 7 atom stereocenters. The molecule has 24 nitrogen and oxygen atoms in total. The number of aliphatic hydroxyl groups excluding tert-OH is 2. The molecule has 1 saturated heterocycles. The number of allylic oxidation sites excluding steroid dienone is 1. The smallest absolute Gasteiger partial charge is 0.386 e. The van der Waals surface area contributed by atoms with E-state index in [4.69, 9.17) is 19.5 Å². The molecule has 0 spiro atoms. The monoisotopic (exact) mass is 835 g/mol. The molecular formula is C25H40N7O17P3S. The van der Waals surface area contributed by atoms with E-state index in [9.17, 15) is 57.9 Å². The van der Waals surface area contributed by atoms with Crippen molar-refractivity contribution in [2.75, 3.05) is 37.8 Å². The Morgan fingerprint density at radius 2 is 1.79 bits per heavy atom. The van der Waals surface area contributed by atoms with Gasteiger partial charge in [-0.2, -0.15) is 4.31 Å². The fourth-order valence-electron chi connectivity index (χ4n) is 4.47. The predicted molar refractivity (Wildman–Crippen MR) is 182 cm³/mol. The normalized spacial score (nSPS) is 22.1. The molecule has 0 saturated carbocycles. The minimum Gasteiger partial charge on any atom is -0.386 e. The van der Waals surface area contributed by atoms with Gasteiger partial charge in [0.1, 0.15) is 36.3 Å². The van der Waals surface area contributed by atoms with Crippen LogP contribution in [0.3, 0.4) is 0 Å². The number of imidazole rings is 1. The van der Waals surface area contributed by atoms with Crippen LogP contribution in [0.4, 0.5) is 5.82 Å². The van der Waals surface area contributed by atoms with E-state index >= 15 is 0 Å². The summed E-state index contributed by atoms with van der Waals surface area (Å²) in [6, 6.07) is 0. The summed E-state index contributed by atoms with van der Waals surface area (Å²) in [5, 5.41) is 26.1. The number of thioether (sulfide) groups is 1. The van der Waals surface area contributed by atoms with Crippen molar-refractivity contribution < 1.29 is 80.5 Å². The molecule has 10 N–H and O–H groups in total. The van der Waals surface area contributed by atoms with Crippen LogP contribution in [0.25, 0.3) is 11.2 Å². The van der Waals surface area contributed by atoms with E-state index in [1.807, 2.05) is 0 Å². The van der Waals surface area contributed by atoms with E-state index in [-0.39, 0.29) is 48.0 Å². The Bertz CT molecular complexity index is 1780. The second-order valence-corrected chi connectivity index (χ2v) is 17.2. The summed E-state index contributed by atoms with van der Waals surface area (Å²) in [4.78, 5) is 86.7. The molecule has 1 fully saturated rings. The minimum absolute atomic E-state index is 0.0295. The predicted octanol–water partition coefficient (Wildman–Crippen LogP) is -0.759. The maximum atomic E-state index is 12.6. The van der Waals surface area contributed by atoms with Gasteiger partial charge in [-0.15, -0.1) is 6.58 Å². The summed E-state index contributed by atoms with van der Waals surface area (Å²) in [6.45, 7) is 3.93. The van der Waals surface area contributed by atoms with Gasteiger partial charge in [-0.1, -0.05) is 31.7 Å². The van der Waals surface area contributed by atoms with Gasteiger partial charge in [-0.05, 0) is 0 Å². The SMILES string of the molecule is C=CCC(=O)SCCNC(=O)CCNC(=O)C(O)C(C)(C)COP(=O)(O)OP(=O)(O)OCC1OC(n2cnc3c(N)ncnc32)C(O)C1OP(=O)(O)O. The fourth-order valence-corrected chi connectivity index (χ4v) is 7.97. The molecule has 2 amide bonds. The Kier molecular flexibility index (Phi) is 15.8. The number of amides is 2. The number of nitrogens with zero attached hydrogens (tertiary/aromatic N) is 4. The Balaban J connectivity index is 1.52. The molecular weight excluding hydrogens is 795 g/mol. The zero-order valence-electron chi connectivity index (χ0n) is 28.1. The average molecular weight is 836 g/mol. The zero-order chi connectivity index (χ0) is 39.8. The van der Waals surface area contributed by atoms with Gasteiger partial charge in [0.2, 0.25) is 11.8 Å². The first-order chi connectivity index (χ1) is 24.6. The van der Waals surface area contributed by atoms with E-state index in [1.54, 1.807) is 0 Å². The summed E-state index contributed by atoms with van der Waals surface area (Å²) in [6.07, 6.45) is -5.26. The molecule has 28 heteroatoms. The van der Waals surface area contributed by atoms with E-state index in [2.05, 4.69) is 41.0 Å². The Labute approximate surface area is 305 Å². The maximum absolute atomic E-state index is 12.6. The van der Waals surface area contributed by atoms with Crippen LogP contribution in [-0.4, -0.2) is 123 Å². The average Bonchev–Trinajstić information content (AvgIpc) is 3.61. The number of carbonyl (C=O) groups is 3. The summed E-state index contributed by atoms with van der Waals surface area (Å²) in [5.41, 5.74) is 4.25. The number of aliphatic hydroxyl groups is 2. The number of nitrogen functional groups attached to an aromatic ring is 1. The molecule has 53 heavy (non-hydrogen) atoms. The highest BCUT2D eigenvalue weighted by atomic mass is 32.2. The van der Waals surface area contributed by atoms with Crippen LogP contribution in [0.15, 0.2) is 25.3 Å². The Morgan fingerprint density at radius 1 is 1.11 bits per heavy atom. The highest BCUT2D eigenvalue weighted by Gasteiger charge is 2.50. The van der Waals surface area contributed by atoms with Crippen molar-refractivity contribution >= 4 is 69.1 Å². The van der Waals surface area contributed by atoms with Crippen LogP contribution in [-0.2, 0) is 50.7 Å². The minimum atomic E-state index is -5.56. The van der Waals surface area contributed by atoms with Crippen molar-refractivity contribution in [1.82, 2.24) is 30.2 Å². The molecule has 7 unspecified atom stereocenters. The first kappa shape index (κ1) is 44.7. The standard InChI is InChI=1S/C25H40N7O17P3S/c1-4-5-16(34)53-9-8-27-15(33)6-7-28-23(37)20(36)25(2,3)11-46-52(43,44)49-51(41,42)45-10-14-19(48-50(38,39)40)18(35)24(47-14)32-13-31-17-21(26)29-12-30-22(17)32/h4,12-14,18-20,24,35-36H,1,5-11H2,2-3H3,(H,27,33)(H,28,37)(H,41,42)(H,43,44)(H2,26,29,30)(H2,38,39,40). The number of nitrogens with two attached hydrogens (primary N) is 1. The van der Waals surface area contributed by atoms with Crippen molar-refractivity contribution in [3.05, 3.63) is 25.3 Å². The third-order valence-electron chi connectivity index (χ3n) is 7.08. The molecule has 1 aliphatic rings. The van der Waals surface area contributed by atoms with Crippen LogP contribution >= 0.6 is 35.2 Å². The Morgan fingerprint density at radius 3 is 2.45 bits per heavy atom. The van der Waals surface area contributed by atoms with Crippen molar-refractivity contribution in [2.45, 2.75) is 57.3 Å². The van der Waals surface area contributed by atoms with Crippen LogP contribution in [0.5, 0.6) is 0 Å². The van der Waals surface area contributed by atoms with Gasteiger partial charge in [-0.3, -0.25) is 32.5 Å². The summed E-state index contributed by atoms with van der Waals surface area (Å²) in [5.74, 6) is -1.13. The number of nitrogens with one attached hydrogen (secondary N) is 2. The van der Waals surface area contributed by atoms with Gasteiger partial charge in [0.15, 0.2) is 22.8 Å². The second kappa shape index (κ2) is 18.8. The van der Waals surface area contributed by atoms with E-state index in [1.165, 1.54) is 19.9 Å². The lowest BCUT2D eigenvalue weighted by Gasteiger charge is -2.30. The van der Waals surface area contributed by atoms with Crippen LogP contribution in [0, 0.1) is 5.41 Å². The number of hydrogen-bond donors (Lipinski definition) is 9. The van der Waals surface area contributed by atoms with E-state index < -0.39 is 84.6 Å². The van der Waals surface area contributed by atoms with E-state index in [0.29, 0.717) is 5.75 Å². The molecule has 2 aromatic rings. The molecule has 2 aromatic heterocycles. The number of phosphoric acid groups is 3. The van der Waals surface area contributed by atoms with Crippen LogP contribution < -0.4 is 16.4 Å². The molecule has 0 aliphatic carbocycles. The summed E-state index contributed by atoms with van der Waals surface area (Å²) < 4.78 is 61.9. The fraction of sp³-hybridized carbons (Fsp3) is 0.600. The first-order valence-corrected chi connectivity index (χ1v) is 20.7. The second-order valence-electron chi connectivity index (χ2n) is 11.8. The van der Waals surface area contributed by atoms with Gasteiger partial charge in [0.05, 0.1) is 19.5 Å². The van der Waals surface area contributed by atoms with Crippen molar-refractivity contribution in [1.29, 1.82) is 0 Å². The molecule has 0 radical (unpaired) electrons. The van der Waals surface area contributed by atoms with Gasteiger partial charge in [0.25, 0.3) is 0 Å². The zero-order valence-corrected chi connectivity index (χ0v) is 31.6. The highest BCUT2D eigenvalue weighted by Crippen LogP contribution is 2.61. The first-order valence-electron chi connectivity index (χ1n) is 15.2. The number of fused-ring (bicyclic) bond motifs is 1. The molecule has 0 bridgehead atoms. The van der Waals surface area contributed by atoms with Crippen LogP contribution in [0.1, 0.15) is 32.9 Å². The lowest BCUT2D eigenvalue weighted by Crippen LogP contribution is -2.46. The Hall–Kier alpha value is -2.70. The quantitative estimate of drug-likeness (QED) is 0.0424. The number of anilines is 1. The molecule has 3 rings (SSSR count). The lowest BCUT2D eigenvalue weighted by molar-refractivity contribution is -0.137. The van der Waals surface area contributed by atoms with Gasteiger partial charge >= 0.3 is 23.5 Å². The van der Waals surface area contributed by atoms with Crippen molar-refractivity contribution in [3.63, 3.8) is 0 Å². The summed E-state index contributed by atoms with van der Waals surface area (Å²) in [7, 11) is -16.4. The molecule has 298 valence electrons. The summed E-state index contributed by atoms with van der Waals surface area (Å²) >= 11 is 1.02. The number of phosphoric ester groups is 3.